The van der Waals surface area contributed by atoms with Gasteiger partial charge in [-0.3, -0.25) is 9.48 Å². The molecule has 0 N–H and O–H groups in total. The summed E-state index contributed by atoms with van der Waals surface area (Å²) in [6.45, 7) is 0.670. The normalized spacial score (nSPS) is 13.6. The lowest BCUT2D eigenvalue weighted by atomic mass is 9.99. The van der Waals surface area contributed by atoms with Crippen LogP contribution in [0, 0.1) is 5.92 Å². The van der Waals surface area contributed by atoms with Gasteiger partial charge in [0.2, 0.25) is 0 Å². The lowest BCUT2D eigenvalue weighted by Gasteiger charge is -2.15. The summed E-state index contributed by atoms with van der Waals surface area (Å²) in [6, 6.07) is 5.90. The van der Waals surface area contributed by atoms with Gasteiger partial charge in [-0.1, -0.05) is 6.07 Å². The van der Waals surface area contributed by atoms with Crippen LogP contribution in [-0.4, -0.2) is 37.2 Å². The lowest BCUT2D eigenvalue weighted by molar-refractivity contribution is 0.298. The maximum Gasteiger partial charge on any atom is 0.258 e. The summed E-state index contributed by atoms with van der Waals surface area (Å²) in [5.74, 6) is 2.73. The highest BCUT2D eigenvalue weighted by atomic mass is 32.2. The molecule has 4 aromatic rings. The molecule has 1 saturated carbocycles. The van der Waals surface area contributed by atoms with Crippen molar-refractivity contribution < 1.29 is 4.74 Å². The second-order valence-electron chi connectivity index (χ2n) is 8.31. The molecule has 0 amide bonds. The van der Waals surface area contributed by atoms with Crippen LogP contribution in [0.1, 0.15) is 18.7 Å². The minimum absolute atomic E-state index is 0.0414. The first-order chi connectivity index (χ1) is 15.5. The molecule has 0 aliphatic heterocycles. The first-order valence-electron chi connectivity index (χ1n) is 10.6. The van der Waals surface area contributed by atoms with Gasteiger partial charge in [-0.25, -0.2) is 9.97 Å². The average molecular weight is 448 g/mol. The van der Waals surface area contributed by atoms with Crippen LogP contribution in [0.15, 0.2) is 47.8 Å². The Morgan fingerprint density at radius 3 is 2.69 bits per heavy atom. The van der Waals surface area contributed by atoms with Gasteiger partial charge in [-0.2, -0.15) is 16.9 Å². The fraction of sp³-hybridized carbons (Fsp3) is 0.333. The molecule has 0 atom stereocenters. The predicted octanol–water partition coefficient (Wildman–Crippen LogP) is 4.05. The van der Waals surface area contributed by atoms with E-state index in [0.717, 1.165) is 33.6 Å². The molecule has 5 rings (SSSR count). The maximum atomic E-state index is 12.9. The van der Waals surface area contributed by atoms with Crippen molar-refractivity contribution >= 4 is 22.5 Å². The van der Waals surface area contributed by atoms with E-state index in [-0.39, 0.29) is 5.56 Å². The Hall–Kier alpha value is -3.13. The van der Waals surface area contributed by atoms with E-state index in [1.807, 2.05) is 50.1 Å². The third-order valence-corrected chi connectivity index (χ3v) is 6.27. The van der Waals surface area contributed by atoms with Crippen LogP contribution in [0.25, 0.3) is 33.2 Å². The largest absolute Gasteiger partial charge is 0.489 e. The van der Waals surface area contributed by atoms with Crippen molar-refractivity contribution in [3.63, 3.8) is 0 Å². The van der Waals surface area contributed by atoms with Crippen molar-refractivity contribution in [1.29, 1.82) is 0 Å². The van der Waals surface area contributed by atoms with Gasteiger partial charge in [0.25, 0.3) is 5.56 Å². The fourth-order valence-electron chi connectivity index (χ4n) is 3.80. The van der Waals surface area contributed by atoms with Gasteiger partial charge in [0, 0.05) is 43.0 Å². The second kappa shape index (κ2) is 8.43. The van der Waals surface area contributed by atoms with Crippen LogP contribution in [0.5, 0.6) is 5.75 Å². The molecule has 3 aromatic heterocycles. The van der Waals surface area contributed by atoms with Crippen molar-refractivity contribution in [3.05, 3.63) is 59.2 Å². The zero-order valence-corrected chi connectivity index (χ0v) is 19.2. The number of pyridine rings is 1. The standard InChI is InChI=1S/C24H25N5O2S/c1-28-12-20(23-21(31-13-15-4-5-15)10-25-22(27-23)14-32-3)19-8-16(6-7-18(19)24(28)30)17-9-26-29(2)11-17/h6-12,15H,4-5,13-14H2,1-3H3. The quantitative estimate of drug-likeness (QED) is 0.426. The van der Waals surface area contributed by atoms with Gasteiger partial charge in [-0.15, -0.1) is 0 Å². The highest BCUT2D eigenvalue weighted by Crippen LogP contribution is 2.36. The topological polar surface area (TPSA) is 74.8 Å². The molecule has 1 aliphatic carbocycles. The van der Waals surface area contributed by atoms with E-state index in [4.69, 9.17) is 9.72 Å². The molecule has 7 nitrogen and oxygen atoms in total. The van der Waals surface area contributed by atoms with Crippen molar-refractivity contribution in [2.24, 2.45) is 20.0 Å². The summed E-state index contributed by atoms with van der Waals surface area (Å²) in [4.78, 5) is 22.3. The number of aryl methyl sites for hydroxylation is 2. The number of ether oxygens (including phenoxy) is 1. The van der Waals surface area contributed by atoms with E-state index in [2.05, 4.69) is 10.1 Å². The molecule has 1 aromatic carbocycles. The smallest absolute Gasteiger partial charge is 0.258 e. The summed E-state index contributed by atoms with van der Waals surface area (Å²) in [7, 11) is 3.67. The minimum atomic E-state index is -0.0414. The number of rotatable bonds is 7. The Kier molecular flexibility index (Phi) is 5.46. The van der Waals surface area contributed by atoms with E-state index in [9.17, 15) is 4.79 Å². The van der Waals surface area contributed by atoms with Crippen LogP contribution in [0.2, 0.25) is 0 Å². The molecule has 0 saturated heterocycles. The summed E-state index contributed by atoms with van der Waals surface area (Å²) < 4.78 is 9.54. The number of fused-ring (bicyclic) bond motifs is 1. The van der Waals surface area contributed by atoms with Crippen molar-refractivity contribution in [2.75, 3.05) is 12.9 Å². The van der Waals surface area contributed by atoms with Crippen LogP contribution in [-0.2, 0) is 19.8 Å². The number of nitrogens with zero attached hydrogens (tertiary/aromatic N) is 5. The number of benzene rings is 1. The van der Waals surface area contributed by atoms with Crippen LogP contribution < -0.4 is 10.3 Å². The number of thioether (sulfide) groups is 1. The Balaban J connectivity index is 1.72. The summed E-state index contributed by atoms with van der Waals surface area (Å²) in [5, 5.41) is 5.78. The first kappa shape index (κ1) is 20.8. The molecule has 3 heterocycles. The zero-order valence-electron chi connectivity index (χ0n) is 18.4. The van der Waals surface area contributed by atoms with E-state index in [1.165, 1.54) is 12.8 Å². The molecule has 1 fully saturated rings. The first-order valence-corrected chi connectivity index (χ1v) is 12.0. The van der Waals surface area contributed by atoms with Gasteiger partial charge < -0.3 is 9.30 Å². The number of hydrogen-bond acceptors (Lipinski definition) is 6. The molecule has 164 valence electrons. The van der Waals surface area contributed by atoms with Gasteiger partial charge in [0.15, 0.2) is 5.75 Å². The van der Waals surface area contributed by atoms with E-state index in [0.29, 0.717) is 29.4 Å². The zero-order chi connectivity index (χ0) is 22.2. The number of aromatic nitrogens is 5. The molecule has 1 aliphatic rings. The monoisotopic (exact) mass is 447 g/mol. The highest BCUT2D eigenvalue weighted by Gasteiger charge is 2.24. The Morgan fingerprint density at radius 2 is 1.97 bits per heavy atom. The second-order valence-corrected chi connectivity index (χ2v) is 9.17. The van der Waals surface area contributed by atoms with Gasteiger partial charge in [0.05, 0.1) is 24.8 Å². The minimum Gasteiger partial charge on any atom is -0.489 e. The molecule has 0 bridgehead atoms. The van der Waals surface area contributed by atoms with Crippen LogP contribution in [0.4, 0.5) is 0 Å². The molecule has 0 unspecified atom stereocenters. The molecule has 32 heavy (non-hydrogen) atoms. The molecule has 0 spiro atoms. The summed E-state index contributed by atoms with van der Waals surface area (Å²) in [6.07, 6.45) is 11.9. The average Bonchev–Trinajstić information content (AvgIpc) is 3.53. The number of hydrogen-bond donors (Lipinski definition) is 0. The third kappa shape index (κ3) is 4.02. The van der Waals surface area contributed by atoms with Crippen LogP contribution >= 0.6 is 11.8 Å². The maximum absolute atomic E-state index is 12.9. The highest BCUT2D eigenvalue weighted by molar-refractivity contribution is 7.97. The SMILES string of the molecule is CSCc1ncc(OCC2CC2)c(-c2cn(C)c(=O)c3ccc(-c4cnn(C)c4)cc23)n1. The lowest BCUT2D eigenvalue weighted by Crippen LogP contribution is -2.17. The van der Waals surface area contributed by atoms with E-state index >= 15 is 0 Å². The van der Waals surface area contributed by atoms with Crippen molar-refractivity contribution in [3.8, 4) is 28.1 Å². The molecular formula is C24H25N5O2S. The Labute approximate surface area is 190 Å². The van der Waals surface area contributed by atoms with Crippen LogP contribution in [0.3, 0.4) is 0 Å². The Morgan fingerprint density at radius 1 is 1.12 bits per heavy atom. The third-order valence-electron chi connectivity index (χ3n) is 5.73. The van der Waals surface area contributed by atoms with E-state index in [1.54, 1.807) is 34.3 Å². The van der Waals surface area contributed by atoms with Gasteiger partial charge in [-0.05, 0) is 48.1 Å². The van der Waals surface area contributed by atoms with Crippen molar-refractivity contribution in [2.45, 2.75) is 18.6 Å². The fourth-order valence-corrected chi connectivity index (χ4v) is 4.20. The Bertz CT molecular complexity index is 1360. The predicted molar refractivity (Wildman–Crippen MR) is 128 cm³/mol. The van der Waals surface area contributed by atoms with Gasteiger partial charge in [0.1, 0.15) is 11.5 Å². The molecule has 8 heteroatoms. The van der Waals surface area contributed by atoms with Crippen molar-refractivity contribution in [1.82, 2.24) is 24.3 Å². The molecular weight excluding hydrogens is 422 g/mol. The van der Waals surface area contributed by atoms with Gasteiger partial charge >= 0.3 is 0 Å². The van der Waals surface area contributed by atoms with E-state index < -0.39 is 0 Å². The summed E-state index contributed by atoms with van der Waals surface area (Å²) in [5.41, 5.74) is 3.55. The molecule has 0 radical (unpaired) electrons. The summed E-state index contributed by atoms with van der Waals surface area (Å²) >= 11 is 1.67.